The number of halogens is 3. The molecular weight excluding hydrogens is 1050 g/mol. The highest BCUT2D eigenvalue weighted by molar-refractivity contribution is 14.1. The summed E-state index contributed by atoms with van der Waals surface area (Å²) in [7, 11) is 0. The number of aromatic nitrogens is 1. The van der Waals surface area contributed by atoms with Gasteiger partial charge in [-0.2, -0.15) is 4.57 Å². The van der Waals surface area contributed by atoms with Gasteiger partial charge in [0.15, 0.2) is 18.8 Å². The van der Waals surface area contributed by atoms with Crippen LogP contribution in [0.3, 0.4) is 0 Å². The third-order valence-corrected chi connectivity index (χ3v) is 12.1. The molecule has 1 aromatic heterocycles. The summed E-state index contributed by atoms with van der Waals surface area (Å²) < 4.78 is 30.2. The van der Waals surface area contributed by atoms with Crippen LogP contribution in [-0.4, -0.2) is 143 Å². The molecule has 2 aliphatic heterocycles. The number of hydrogen-bond acceptors (Lipinski definition) is 15. The molecule has 330 valence electrons. The number of imide groups is 1. The molecule has 61 heavy (non-hydrogen) atoms. The van der Waals surface area contributed by atoms with E-state index in [2.05, 4.69) is 65.1 Å². The molecule has 4 amide bonds. The van der Waals surface area contributed by atoms with E-state index in [0.29, 0.717) is 11.1 Å². The number of aliphatic hydroxyl groups is 3. The number of phenolic OH excluding ortho intramolecular Hbond substituents is 1. The number of carbonyl (C=O) groups is 5. The molecule has 0 aliphatic carbocycles. The van der Waals surface area contributed by atoms with Gasteiger partial charge in [0.1, 0.15) is 33.0 Å². The number of fused-ring (bicyclic) bond motifs is 1. The fraction of sp³-hybridized carbons (Fsp3) is 0.421. The van der Waals surface area contributed by atoms with Crippen LogP contribution in [0.2, 0.25) is 0 Å². The van der Waals surface area contributed by atoms with Crippen molar-refractivity contribution in [2.75, 3.05) is 63.8 Å². The van der Waals surface area contributed by atoms with Crippen molar-refractivity contribution in [1.82, 2.24) is 10.2 Å². The summed E-state index contributed by atoms with van der Waals surface area (Å²) in [5.74, 6) is -3.61. The fourth-order valence-corrected chi connectivity index (χ4v) is 7.64. The molecule has 3 heterocycles. The van der Waals surface area contributed by atoms with Crippen molar-refractivity contribution in [3.8, 4) is 11.5 Å². The largest absolute Gasteiger partial charge is 0.501 e. The highest BCUT2D eigenvalue weighted by atomic mass is 127. The number of nitrogens with one attached hydrogen (secondary N) is 2. The molecule has 9 N–H and O–H groups in total. The Hall–Kier alpha value is -4.05. The summed E-state index contributed by atoms with van der Waals surface area (Å²) in [5, 5.41) is 57.4. The standard InChI is InChI=1S/C38H42Br2IN5O15/c39-27-28(40)36(54)46(35(27)53)9-11-58-13-15-59-14-12-57-10-6-25(47)43-7-5-26(48)44-23-16-19(18-45-8-1-2-20-21(41)17-22(42)30(49)29(20)45)3-4-24(23)60-38-33(52)31(50)32(51)34(61-38)37(55)56/h1-4,8,16-17,31-34,38,42,50-52H,5-7,9-15,18H2,(H4,43,44,47,48,49,55,56)/p+1/t31-,32-,33+,34-,38+/m0/s1. The van der Waals surface area contributed by atoms with Crippen LogP contribution in [0.4, 0.5) is 11.4 Å². The number of hydrogen-bond donors (Lipinski definition) is 8. The second-order valence-electron chi connectivity index (χ2n) is 13.5. The second kappa shape index (κ2) is 22.3. The number of amides is 4. The van der Waals surface area contributed by atoms with Gasteiger partial charge in [-0.05, 0) is 84.8 Å². The first kappa shape index (κ1) is 48.0. The van der Waals surface area contributed by atoms with E-state index in [4.69, 9.17) is 29.4 Å². The second-order valence-corrected chi connectivity index (χ2v) is 16.3. The zero-order valence-corrected chi connectivity index (χ0v) is 37.5. The third kappa shape index (κ3) is 12.3. The summed E-state index contributed by atoms with van der Waals surface area (Å²) in [5.41, 5.74) is 7.35. The quantitative estimate of drug-likeness (QED) is 0.0181. The zero-order chi connectivity index (χ0) is 44.4. The number of pyridine rings is 1. The summed E-state index contributed by atoms with van der Waals surface area (Å²) in [6, 6.07) is 9.87. The molecule has 0 radical (unpaired) electrons. The predicted molar refractivity (Wildman–Crippen MR) is 228 cm³/mol. The molecule has 0 unspecified atom stereocenters. The highest BCUT2D eigenvalue weighted by Gasteiger charge is 2.48. The van der Waals surface area contributed by atoms with Gasteiger partial charge in [-0.3, -0.25) is 24.1 Å². The molecule has 20 nitrogen and oxygen atoms in total. The number of nitrogens with two attached hydrogens (primary N) is 1. The number of carbonyl (C=O) groups excluding carboxylic acids is 4. The molecule has 23 heteroatoms. The van der Waals surface area contributed by atoms with Gasteiger partial charge in [0, 0.05) is 34.6 Å². The maximum atomic E-state index is 13.2. The smallest absolute Gasteiger partial charge is 0.335 e. The predicted octanol–water partition coefficient (Wildman–Crippen LogP) is 0.594. The van der Waals surface area contributed by atoms with E-state index in [9.17, 15) is 49.5 Å². The molecule has 1 saturated heterocycles. The zero-order valence-electron chi connectivity index (χ0n) is 32.1. The fourth-order valence-electron chi connectivity index (χ4n) is 6.11. The van der Waals surface area contributed by atoms with E-state index in [1.807, 2.05) is 6.07 Å². The van der Waals surface area contributed by atoms with Crippen LogP contribution in [0.15, 0.2) is 51.6 Å². The van der Waals surface area contributed by atoms with Gasteiger partial charge in [-0.1, -0.05) is 0 Å². The van der Waals surface area contributed by atoms with Crippen LogP contribution in [0.1, 0.15) is 18.4 Å². The topological polar surface area (TPSA) is 290 Å². The van der Waals surface area contributed by atoms with E-state index in [0.717, 1.165) is 13.9 Å². The van der Waals surface area contributed by atoms with Crippen LogP contribution in [0.5, 0.6) is 11.5 Å². The Morgan fingerprint density at radius 1 is 0.885 bits per heavy atom. The molecule has 2 aromatic carbocycles. The van der Waals surface area contributed by atoms with Gasteiger partial charge in [0.25, 0.3) is 17.3 Å². The van der Waals surface area contributed by atoms with Crippen LogP contribution < -0.4 is 25.7 Å². The van der Waals surface area contributed by atoms with E-state index in [-0.39, 0.29) is 110 Å². The molecule has 3 aromatic rings. The lowest BCUT2D eigenvalue weighted by Crippen LogP contribution is -2.61. The van der Waals surface area contributed by atoms with E-state index in [1.165, 1.54) is 6.07 Å². The van der Waals surface area contributed by atoms with E-state index < -0.39 is 54.4 Å². The molecule has 2 aliphatic rings. The van der Waals surface area contributed by atoms with Crippen LogP contribution in [0.25, 0.3) is 10.9 Å². The lowest BCUT2D eigenvalue weighted by atomic mass is 9.99. The Kier molecular flexibility index (Phi) is 17.6. The number of ether oxygens (including phenoxy) is 5. The lowest BCUT2D eigenvalue weighted by Gasteiger charge is -2.38. The Balaban J connectivity index is 1.09. The molecule has 0 bridgehead atoms. The maximum Gasteiger partial charge on any atom is 0.335 e. The van der Waals surface area contributed by atoms with Crippen molar-refractivity contribution in [3.63, 3.8) is 0 Å². The number of aliphatic carboxylic acids is 1. The number of aromatic hydroxyl groups is 1. The highest BCUT2D eigenvalue weighted by Crippen LogP contribution is 2.34. The summed E-state index contributed by atoms with van der Waals surface area (Å²) in [6.07, 6.45) is -7.87. The van der Waals surface area contributed by atoms with Crippen molar-refractivity contribution in [3.05, 3.63) is 60.7 Å². The Morgan fingerprint density at radius 2 is 1.54 bits per heavy atom. The third-order valence-electron chi connectivity index (χ3n) is 9.25. The van der Waals surface area contributed by atoms with Gasteiger partial charge in [0.05, 0.1) is 62.9 Å². The molecule has 0 saturated carbocycles. The van der Waals surface area contributed by atoms with Crippen molar-refractivity contribution >= 4 is 106 Å². The minimum atomic E-state index is -1.95. The molecule has 5 rings (SSSR count). The number of carboxylic acid groups (broad SMARTS) is 1. The van der Waals surface area contributed by atoms with Crippen LogP contribution in [-0.2, 0) is 49.5 Å². The SMILES string of the molecule is Nc1cc(I)c2ccc[n+](Cc3ccc(O[C@@H]4O[C@H](C(=O)O)[C@@H](O)[C@H](O)[C@H]4O)c(NC(=O)CCNC(=O)CCOCCOCCOCCN4C(=O)C(Br)=C(Br)C4=O)c3)c2c1O. The lowest BCUT2D eigenvalue weighted by molar-refractivity contribution is -0.662. The number of benzene rings is 2. The maximum absolute atomic E-state index is 13.2. The molecule has 5 atom stereocenters. The summed E-state index contributed by atoms with van der Waals surface area (Å²) >= 11 is 8.24. The van der Waals surface area contributed by atoms with Crippen LogP contribution in [0, 0.1) is 3.57 Å². The Bertz CT molecular complexity index is 2140. The first-order valence-electron chi connectivity index (χ1n) is 18.6. The van der Waals surface area contributed by atoms with E-state index >= 15 is 0 Å². The number of carboxylic acids is 1. The van der Waals surface area contributed by atoms with Crippen molar-refractivity contribution in [2.24, 2.45) is 0 Å². The van der Waals surface area contributed by atoms with Gasteiger partial charge < -0.3 is 65.6 Å². The molecule has 1 fully saturated rings. The van der Waals surface area contributed by atoms with Gasteiger partial charge in [-0.25, -0.2) is 4.79 Å². The average Bonchev–Trinajstić information content (AvgIpc) is 3.40. The van der Waals surface area contributed by atoms with Crippen LogP contribution >= 0.6 is 54.5 Å². The van der Waals surface area contributed by atoms with Gasteiger partial charge in [0.2, 0.25) is 23.9 Å². The summed E-state index contributed by atoms with van der Waals surface area (Å²) in [4.78, 5) is 62.3. The summed E-state index contributed by atoms with van der Waals surface area (Å²) in [6.45, 7) is 1.36. The minimum Gasteiger partial charge on any atom is -0.501 e. The minimum absolute atomic E-state index is 0.00742. The first-order valence-corrected chi connectivity index (χ1v) is 21.3. The molecule has 0 spiro atoms. The number of anilines is 2. The van der Waals surface area contributed by atoms with Crippen molar-refractivity contribution < 1.29 is 77.8 Å². The Labute approximate surface area is 378 Å². The van der Waals surface area contributed by atoms with Crippen molar-refractivity contribution in [1.29, 1.82) is 0 Å². The van der Waals surface area contributed by atoms with E-state index in [1.54, 1.807) is 35.0 Å². The number of rotatable bonds is 21. The number of aliphatic hydroxyl groups excluding tert-OH is 3. The van der Waals surface area contributed by atoms with Crippen molar-refractivity contribution in [2.45, 2.75) is 50.1 Å². The number of nitrogen functional groups attached to an aromatic ring is 1. The first-order chi connectivity index (χ1) is 29.1. The average molecular weight is 1100 g/mol. The van der Waals surface area contributed by atoms with Gasteiger partial charge >= 0.3 is 5.97 Å². The Morgan fingerprint density at radius 3 is 2.21 bits per heavy atom. The molecular formula is C38H43Br2IN5O15+. The monoisotopic (exact) mass is 1090 g/mol. The van der Waals surface area contributed by atoms with Gasteiger partial charge in [-0.15, -0.1) is 0 Å². The normalized spacial score (nSPS) is 20.4. The number of nitrogens with zero attached hydrogens (tertiary/aromatic N) is 2. The number of phenols is 1.